The normalized spacial score (nSPS) is 13.6. The van der Waals surface area contributed by atoms with E-state index in [1.807, 2.05) is 0 Å². The van der Waals surface area contributed by atoms with Gasteiger partial charge >= 0.3 is 5.63 Å². The quantitative estimate of drug-likeness (QED) is 0.670. The predicted molar refractivity (Wildman–Crippen MR) is 85.9 cm³/mol. The molecule has 4 rings (SSSR count). The molecule has 7 heteroatoms. The van der Waals surface area contributed by atoms with Crippen molar-refractivity contribution < 1.29 is 14.0 Å². The van der Waals surface area contributed by atoms with Crippen LogP contribution < -0.4 is 5.63 Å². The summed E-state index contributed by atoms with van der Waals surface area (Å²) in [5.41, 5.74) is 0.413. The molecule has 0 fully saturated rings. The van der Waals surface area contributed by atoms with Crippen molar-refractivity contribution in [3.8, 4) is 0 Å². The Balaban J connectivity index is 1.74. The first-order valence-corrected chi connectivity index (χ1v) is 7.47. The lowest BCUT2D eigenvalue weighted by Gasteiger charge is -2.12. The fourth-order valence-corrected chi connectivity index (χ4v) is 2.84. The molecule has 0 radical (unpaired) electrons. The molecule has 0 aliphatic carbocycles. The van der Waals surface area contributed by atoms with Crippen LogP contribution in [0, 0.1) is 0 Å². The minimum Gasteiger partial charge on any atom is -0.406 e. The highest BCUT2D eigenvalue weighted by Gasteiger charge is 2.35. The van der Waals surface area contributed by atoms with Gasteiger partial charge in [-0.05, 0) is 30.3 Å². The van der Waals surface area contributed by atoms with E-state index in [4.69, 9.17) is 16.0 Å². The third-order valence-electron chi connectivity index (χ3n) is 3.81. The van der Waals surface area contributed by atoms with Crippen molar-refractivity contribution in [3.05, 3.63) is 74.9 Å². The van der Waals surface area contributed by atoms with Gasteiger partial charge in [-0.3, -0.25) is 14.5 Å². The first-order chi connectivity index (χ1) is 11.5. The predicted octanol–water partition coefficient (Wildman–Crippen LogP) is 2.64. The second-order valence-corrected chi connectivity index (χ2v) is 5.74. The molecule has 2 aromatic carbocycles. The largest absolute Gasteiger partial charge is 0.406 e. The highest BCUT2D eigenvalue weighted by Crippen LogP contribution is 2.24. The number of hydrogen-bond donors (Lipinski definition) is 0. The monoisotopic (exact) mass is 340 g/mol. The van der Waals surface area contributed by atoms with Crippen LogP contribution in [-0.2, 0) is 6.54 Å². The first kappa shape index (κ1) is 14.6. The molecule has 2 amide bonds. The van der Waals surface area contributed by atoms with E-state index in [2.05, 4.69) is 4.98 Å². The Kier molecular flexibility index (Phi) is 3.21. The van der Waals surface area contributed by atoms with Crippen molar-refractivity contribution in [2.75, 3.05) is 0 Å². The van der Waals surface area contributed by atoms with Crippen molar-refractivity contribution in [2.24, 2.45) is 0 Å². The van der Waals surface area contributed by atoms with E-state index in [1.54, 1.807) is 30.3 Å². The molecule has 0 atom stereocenters. The van der Waals surface area contributed by atoms with Gasteiger partial charge in [0.25, 0.3) is 11.8 Å². The molecule has 1 aliphatic heterocycles. The number of rotatable bonds is 2. The van der Waals surface area contributed by atoms with E-state index in [-0.39, 0.29) is 17.8 Å². The van der Waals surface area contributed by atoms with E-state index in [1.165, 1.54) is 12.1 Å². The van der Waals surface area contributed by atoms with Crippen molar-refractivity contribution in [2.45, 2.75) is 6.54 Å². The molecule has 118 valence electrons. The maximum absolute atomic E-state index is 12.4. The topological polar surface area (TPSA) is 80.5 Å². The molecular weight excluding hydrogens is 332 g/mol. The zero-order valence-electron chi connectivity index (χ0n) is 12.2. The molecule has 1 aliphatic rings. The number of imide groups is 1. The second kappa shape index (κ2) is 5.28. The Morgan fingerprint density at radius 3 is 2.33 bits per heavy atom. The number of aromatic nitrogens is 1. The van der Waals surface area contributed by atoms with Crippen LogP contribution in [0.1, 0.15) is 26.6 Å². The van der Waals surface area contributed by atoms with Crippen molar-refractivity contribution >= 4 is 34.3 Å². The average molecular weight is 341 g/mol. The van der Waals surface area contributed by atoms with Gasteiger partial charge in [-0.25, -0.2) is 9.78 Å². The van der Waals surface area contributed by atoms with Crippen molar-refractivity contribution in [1.82, 2.24) is 9.88 Å². The number of amides is 2. The SMILES string of the molecule is O=C1c2ccccc2C(=O)N1Cc1nc2cc(Cl)ccc2c(=O)o1. The molecule has 2 heterocycles. The Morgan fingerprint density at radius 1 is 1.00 bits per heavy atom. The summed E-state index contributed by atoms with van der Waals surface area (Å²) < 4.78 is 5.13. The van der Waals surface area contributed by atoms with E-state index in [9.17, 15) is 14.4 Å². The van der Waals surface area contributed by atoms with Gasteiger partial charge in [-0.2, -0.15) is 0 Å². The molecular formula is C17H9ClN2O4. The molecule has 1 aromatic heterocycles. The van der Waals surface area contributed by atoms with Gasteiger partial charge in [0.1, 0.15) is 6.54 Å². The number of hydrogen-bond acceptors (Lipinski definition) is 5. The zero-order valence-corrected chi connectivity index (χ0v) is 12.9. The number of carbonyl (C=O) groups is 2. The highest BCUT2D eigenvalue weighted by atomic mass is 35.5. The molecule has 6 nitrogen and oxygen atoms in total. The number of benzene rings is 2. The Bertz CT molecular complexity index is 1040. The van der Waals surface area contributed by atoms with Gasteiger partial charge in [0.05, 0.1) is 22.0 Å². The summed E-state index contributed by atoms with van der Waals surface area (Å²) >= 11 is 5.91. The lowest BCUT2D eigenvalue weighted by Crippen LogP contribution is -2.30. The van der Waals surface area contributed by atoms with Gasteiger partial charge in [0.15, 0.2) is 0 Å². The molecule has 0 unspecified atom stereocenters. The molecule has 0 saturated carbocycles. The Morgan fingerprint density at radius 2 is 1.67 bits per heavy atom. The van der Waals surface area contributed by atoms with Crippen LogP contribution in [0.2, 0.25) is 5.02 Å². The summed E-state index contributed by atoms with van der Waals surface area (Å²) in [7, 11) is 0. The third-order valence-corrected chi connectivity index (χ3v) is 4.04. The summed E-state index contributed by atoms with van der Waals surface area (Å²) in [4.78, 5) is 41.9. The Labute approximate surface area is 140 Å². The van der Waals surface area contributed by atoms with Crippen LogP contribution in [-0.4, -0.2) is 21.7 Å². The smallest absolute Gasteiger partial charge is 0.346 e. The molecule has 0 bridgehead atoms. The van der Waals surface area contributed by atoms with Crippen LogP contribution >= 0.6 is 11.6 Å². The first-order valence-electron chi connectivity index (χ1n) is 7.09. The third kappa shape index (κ3) is 2.19. The van der Waals surface area contributed by atoms with Crippen LogP contribution in [0.4, 0.5) is 0 Å². The van der Waals surface area contributed by atoms with Crippen LogP contribution in [0.25, 0.3) is 10.9 Å². The van der Waals surface area contributed by atoms with Gasteiger partial charge in [0, 0.05) is 5.02 Å². The molecule has 3 aromatic rings. The van der Waals surface area contributed by atoms with E-state index >= 15 is 0 Å². The number of carbonyl (C=O) groups excluding carboxylic acids is 2. The standard InChI is InChI=1S/C17H9ClN2O4/c18-9-5-6-12-13(7-9)19-14(24-17(12)23)8-20-15(21)10-3-1-2-4-11(10)16(20)22/h1-7H,8H2. The lowest BCUT2D eigenvalue weighted by atomic mass is 10.1. The summed E-state index contributed by atoms with van der Waals surface area (Å²) in [6.45, 7) is -0.218. The molecule has 0 saturated heterocycles. The van der Waals surface area contributed by atoms with E-state index in [0.29, 0.717) is 21.7 Å². The van der Waals surface area contributed by atoms with Crippen LogP contribution in [0.3, 0.4) is 0 Å². The fraction of sp³-hybridized carbons (Fsp3) is 0.0588. The van der Waals surface area contributed by atoms with Crippen molar-refractivity contribution in [1.29, 1.82) is 0 Å². The number of halogens is 1. The minimum atomic E-state index is -0.594. The summed E-state index contributed by atoms with van der Waals surface area (Å²) in [6, 6.07) is 11.1. The summed E-state index contributed by atoms with van der Waals surface area (Å²) in [5.74, 6) is -0.901. The van der Waals surface area contributed by atoms with Gasteiger partial charge in [-0.1, -0.05) is 23.7 Å². The molecule has 24 heavy (non-hydrogen) atoms. The highest BCUT2D eigenvalue weighted by molar-refractivity contribution is 6.31. The molecule has 0 spiro atoms. The maximum Gasteiger partial charge on any atom is 0.346 e. The summed E-state index contributed by atoms with van der Waals surface area (Å²) in [6.07, 6.45) is 0. The number of nitrogens with zero attached hydrogens (tertiary/aromatic N) is 2. The van der Waals surface area contributed by atoms with Crippen LogP contribution in [0.5, 0.6) is 0 Å². The van der Waals surface area contributed by atoms with Gasteiger partial charge < -0.3 is 4.42 Å². The number of fused-ring (bicyclic) bond motifs is 2. The van der Waals surface area contributed by atoms with Gasteiger partial charge in [0.2, 0.25) is 5.89 Å². The maximum atomic E-state index is 12.4. The minimum absolute atomic E-state index is 0.0238. The lowest BCUT2D eigenvalue weighted by molar-refractivity contribution is 0.0626. The van der Waals surface area contributed by atoms with E-state index in [0.717, 1.165) is 4.90 Å². The van der Waals surface area contributed by atoms with Gasteiger partial charge in [-0.15, -0.1) is 0 Å². The Hall–Kier alpha value is -2.99. The second-order valence-electron chi connectivity index (χ2n) is 5.30. The van der Waals surface area contributed by atoms with Crippen LogP contribution in [0.15, 0.2) is 51.7 Å². The average Bonchev–Trinajstić information content (AvgIpc) is 2.80. The zero-order chi connectivity index (χ0) is 16.8. The fourth-order valence-electron chi connectivity index (χ4n) is 2.67. The van der Waals surface area contributed by atoms with E-state index < -0.39 is 17.4 Å². The molecule has 0 N–H and O–H groups in total. The van der Waals surface area contributed by atoms with Crippen molar-refractivity contribution in [3.63, 3.8) is 0 Å². The summed E-state index contributed by atoms with van der Waals surface area (Å²) in [5, 5.41) is 0.706.